The summed E-state index contributed by atoms with van der Waals surface area (Å²) < 4.78 is 0. The predicted molar refractivity (Wildman–Crippen MR) is 39.3 cm³/mol. The lowest BCUT2D eigenvalue weighted by molar-refractivity contribution is -0.116. The molecule has 0 saturated carbocycles. The Hall–Kier alpha value is -1.31. The van der Waals surface area contributed by atoms with Gasteiger partial charge in [0.1, 0.15) is 0 Å². The van der Waals surface area contributed by atoms with E-state index < -0.39 is 0 Å². The van der Waals surface area contributed by atoms with Gasteiger partial charge in [-0.2, -0.15) is 0 Å². The molecule has 0 fully saturated rings. The zero-order chi connectivity index (χ0) is 7.14. The molecule has 1 aromatic carbocycles. The van der Waals surface area contributed by atoms with E-state index in [9.17, 15) is 4.79 Å². The van der Waals surface area contributed by atoms with Crippen LogP contribution in [0.5, 0.6) is 0 Å². The molecular weight excluding hydrogens is 126 g/mol. The fraction of sp³-hybridized carbons (Fsp3) is 0.125. The van der Waals surface area contributed by atoms with Crippen LogP contribution in [0.25, 0.3) is 0 Å². The minimum Gasteiger partial charge on any atom is -0.281 e. The Labute approximate surface area is 59.1 Å². The Bertz CT molecular complexity index is 266. The zero-order valence-corrected chi connectivity index (χ0v) is 5.66. The number of hydrogen-bond acceptors (Lipinski definition) is 1. The van der Waals surface area contributed by atoms with Crippen molar-refractivity contribution in [3.8, 4) is 0 Å². The minimum atomic E-state index is 0.0908. The van der Waals surface area contributed by atoms with Gasteiger partial charge >= 0.3 is 0 Å². The molecule has 50 valence electrons. The van der Waals surface area contributed by atoms with E-state index in [0.29, 0.717) is 0 Å². The van der Waals surface area contributed by atoms with E-state index in [1.807, 2.05) is 24.3 Å². The fourth-order valence-electron chi connectivity index (χ4n) is 1.22. The first kappa shape index (κ1) is 5.47. The monoisotopic (exact) mass is 133 g/mol. The van der Waals surface area contributed by atoms with E-state index in [-0.39, 0.29) is 5.91 Å². The van der Waals surface area contributed by atoms with Crippen LogP contribution >= 0.6 is 0 Å². The first-order valence-electron chi connectivity index (χ1n) is 3.20. The molecule has 2 bridgehead atoms. The Balaban J connectivity index is 2.43. The van der Waals surface area contributed by atoms with Gasteiger partial charge in [0.05, 0.1) is 11.4 Å². The van der Waals surface area contributed by atoms with Gasteiger partial charge in [-0.05, 0) is 18.2 Å². The molecule has 2 nitrogen and oxygen atoms in total. The van der Waals surface area contributed by atoms with Gasteiger partial charge in [0, 0.05) is 6.92 Å². The Morgan fingerprint density at radius 1 is 1.40 bits per heavy atom. The van der Waals surface area contributed by atoms with Crippen molar-refractivity contribution in [1.82, 2.24) is 0 Å². The third kappa shape index (κ3) is 0.506. The van der Waals surface area contributed by atoms with Crippen LogP contribution in [0.1, 0.15) is 6.92 Å². The topological polar surface area (TPSA) is 20.3 Å². The van der Waals surface area contributed by atoms with Crippen molar-refractivity contribution in [3.05, 3.63) is 24.3 Å². The molecule has 0 aliphatic carbocycles. The second kappa shape index (κ2) is 1.59. The van der Waals surface area contributed by atoms with Gasteiger partial charge in [-0.3, -0.25) is 9.69 Å². The standard InChI is InChI=1S/C8H7NO/c1-6(10)9-7-3-2-4-8(9)5-7/h2-5H,1H3. The number of anilines is 2. The summed E-state index contributed by atoms with van der Waals surface area (Å²) in [4.78, 5) is 12.5. The average molecular weight is 133 g/mol. The largest absolute Gasteiger partial charge is 0.281 e. The second-order valence-electron chi connectivity index (χ2n) is 2.37. The maximum absolute atomic E-state index is 10.9. The van der Waals surface area contributed by atoms with Gasteiger partial charge in [0.25, 0.3) is 0 Å². The highest BCUT2D eigenvalue weighted by Crippen LogP contribution is 2.36. The summed E-state index contributed by atoms with van der Waals surface area (Å²) in [6, 6.07) is 7.79. The van der Waals surface area contributed by atoms with Crippen molar-refractivity contribution >= 4 is 17.3 Å². The van der Waals surface area contributed by atoms with Gasteiger partial charge in [-0.15, -0.1) is 0 Å². The van der Waals surface area contributed by atoms with E-state index in [2.05, 4.69) is 0 Å². The Kier molecular flexibility index (Phi) is 0.873. The van der Waals surface area contributed by atoms with Gasteiger partial charge in [0.15, 0.2) is 0 Å². The van der Waals surface area contributed by atoms with E-state index in [0.717, 1.165) is 11.4 Å². The van der Waals surface area contributed by atoms with E-state index in [1.165, 1.54) is 0 Å². The minimum absolute atomic E-state index is 0.0908. The molecule has 0 N–H and O–H groups in total. The van der Waals surface area contributed by atoms with Crippen molar-refractivity contribution in [1.29, 1.82) is 0 Å². The highest BCUT2D eigenvalue weighted by Gasteiger charge is 2.21. The predicted octanol–water partition coefficient (Wildman–Crippen LogP) is 1.68. The first-order valence-corrected chi connectivity index (χ1v) is 3.20. The van der Waals surface area contributed by atoms with E-state index in [4.69, 9.17) is 0 Å². The van der Waals surface area contributed by atoms with Crippen LogP contribution in [0.15, 0.2) is 24.3 Å². The normalized spacial score (nSPS) is 12.7. The second-order valence-corrected chi connectivity index (χ2v) is 2.37. The summed E-state index contributed by atoms with van der Waals surface area (Å²) >= 11 is 0. The number of nitrogens with zero attached hydrogens (tertiary/aromatic N) is 1. The zero-order valence-electron chi connectivity index (χ0n) is 5.66. The molecule has 0 atom stereocenters. The molecule has 2 aliphatic heterocycles. The molecule has 2 heterocycles. The van der Waals surface area contributed by atoms with Gasteiger partial charge in [0.2, 0.25) is 5.91 Å². The van der Waals surface area contributed by atoms with Crippen LogP contribution in [-0.4, -0.2) is 5.91 Å². The van der Waals surface area contributed by atoms with Crippen LogP contribution in [-0.2, 0) is 4.79 Å². The van der Waals surface area contributed by atoms with Crippen LogP contribution < -0.4 is 4.90 Å². The van der Waals surface area contributed by atoms with Crippen LogP contribution in [0.4, 0.5) is 11.4 Å². The Morgan fingerprint density at radius 2 is 2.00 bits per heavy atom. The summed E-state index contributed by atoms with van der Waals surface area (Å²) in [5, 5.41) is 0. The summed E-state index contributed by atoms with van der Waals surface area (Å²) in [6.07, 6.45) is 0. The van der Waals surface area contributed by atoms with Gasteiger partial charge < -0.3 is 0 Å². The molecule has 2 heteroatoms. The molecule has 1 amide bonds. The molecule has 10 heavy (non-hydrogen) atoms. The number of rotatable bonds is 0. The Morgan fingerprint density at radius 3 is 2.30 bits per heavy atom. The molecular formula is C8H7NO. The summed E-state index contributed by atoms with van der Waals surface area (Å²) in [7, 11) is 0. The molecule has 0 aromatic heterocycles. The van der Waals surface area contributed by atoms with Crippen LogP contribution in [0, 0.1) is 0 Å². The highest BCUT2D eigenvalue weighted by molar-refractivity contribution is 6.04. The quantitative estimate of drug-likeness (QED) is 0.527. The number of carbonyl (C=O) groups is 1. The smallest absolute Gasteiger partial charge is 0.228 e. The highest BCUT2D eigenvalue weighted by atomic mass is 16.2. The van der Waals surface area contributed by atoms with Gasteiger partial charge in [-0.1, -0.05) is 6.07 Å². The summed E-state index contributed by atoms with van der Waals surface area (Å²) in [5.41, 5.74) is 2.01. The third-order valence-electron chi connectivity index (χ3n) is 1.66. The lowest BCUT2D eigenvalue weighted by Crippen LogP contribution is -2.27. The van der Waals surface area contributed by atoms with Crippen molar-refractivity contribution in [2.24, 2.45) is 0 Å². The number of benzene rings is 1. The molecule has 1 aromatic rings. The van der Waals surface area contributed by atoms with Crippen molar-refractivity contribution in [3.63, 3.8) is 0 Å². The lowest BCUT2D eigenvalue weighted by atomic mass is 10.1. The van der Waals surface area contributed by atoms with Crippen molar-refractivity contribution in [2.45, 2.75) is 6.92 Å². The van der Waals surface area contributed by atoms with Crippen LogP contribution in [0.2, 0.25) is 0 Å². The molecule has 3 rings (SSSR count). The third-order valence-corrected chi connectivity index (χ3v) is 1.66. The SMILES string of the molecule is CC(=O)N1c2cccc1c2. The summed E-state index contributed by atoms with van der Waals surface area (Å²) in [6.45, 7) is 1.57. The maximum Gasteiger partial charge on any atom is 0.228 e. The van der Waals surface area contributed by atoms with Crippen molar-refractivity contribution < 1.29 is 4.79 Å². The number of amides is 1. The maximum atomic E-state index is 10.9. The molecule has 2 aliphatic rings. The lowest BCUT2D eigenvalue weighted by Gasteiger charge is -2.29. The molecule has 0 spiro atoms. The number of carbonyl (C=O) groups excluding carboxylic acids is 1. The van der Waals surface area contributed by atoms with E-state index in [1.54, 1.807) is 11.8 Å². The molecule has 0 saturated heterocycles. The van der Waals surface area contributed by atoms with Gasteiger partial charge in [-0.25, -0.2) is 0 Å². The van der Waals surface area contributed by atoms with E-state index >= 15 is 0 Å². The molecule has 0 radical (unpaired) electrons. The molecule has 0 unspecified atom stereocenters. The number of hydrogen-bond donors (Lipinski definition) is 0. The number of fused-ring (bicyclic) bond motifs is 2. The average Bonchev–Trinajstić information content (AvgIpc) is 1.87. The summed E-state index contributed by atoms with van der Waals surface area (Å²) in [5.74, 6) is 0.0908. The van der Waals surface area contributed by atoms with Crippen LogP contribution in [0.3, 0.4) is 0 Å². The fourth-order valence-corrected chi connectivity index (χ4v) is 1.22. The first-order chi connectivity index (χ1) is 4.79. The van der Waals surface area contributed by atoms with Crippen molar-refractivity contribution in [2.75, 3.05) is 4.90 Å².